The zero-order valence-electron chi connectivity index (χ0n) is 24.2. The van der Waals surface area contributed by atoms with Gasteiger partial charge in [0.15, 0.2) is 16.3 Å². The third kappa shape index (κ3) is 5.71. The molecule has 6 rings (SSSR count). The van der Waals surface area contributed by atoms with Crippen molar-refractivity contribution in [2.45, 2.75) is 71.4 Å². The summed E-state index contributed by atoms with van der Waals surface area (Å²) in [6.07, 6.45) is 3.14. The molecule has 1 saturated heterocycles. The average molecular weight is 598 g/mol. The number of aromatic nitrogens is 1. The number of fused-ring (bicyclic) bond motifs is 1. The minimum atomic E-state index is -3.72. The molecular formula is C32H37F2N3O4S. The fraction of sp³-hybridized carbons (Fsp3) is 0.500. The topological polar surface area (TPSA) is 65.3 Å². The Bertz CT molecular complexity index is 1500. The molecule has 1 saturated carbocycles. The highest BCUT2D eigenvalue weighted by Gasteiger charge is 2.48. The molecule has 2 fully saturated rings. The van der Waals surface area contributed by atoms with Crippen molar-refractivity contribution in [2.75, 3.05) is 13.1 Å². The molecular weight excluding hydrogens is 560 g/mol. The Morgan fingerprint density at radius 1 is 1.10 bits per heavy atom. The second-order valence-corrected chi connectivity index (χ2v) is 13.0. The lowest BCUT2D eigenvalue weighted by atomic mass is 9.66. The Morgan fingerprint density at radius 2 is 1.83 bits per heavy atom. The summed E-state index contributed by atoms with van der Waals surface area (Å²) in [7, 11) is 0. The van der Waals surface area contributed by atoms with Crippen molar-refractivity contribution >= 4 is 17.4 Å². The first-order valence-electron chi connectivity index (χ1n) is 14.8. The number of alkyl halides is 2. The normalized spacial score (nSPS) is 25.4. The van der Waals surface area contributed by atoms with Crippen LogP contribution >= 0.6 is 11.3 Å². The fourth-order valence-electron chi connectivity index (χ4n) is 6.60. The van der Waals surface area contributed by atoms with Gasteiger partial charge in [0, 0.05) is 25.4 Å². The molecule has 2 aromatic carbocycles. The van der Waals surface area contributed by atoms with Crippen molar-refractivity contribution in [2.24, 2.45) is 22.7 Å². The van der Waals surface area contributed by atoms with Crippen molar-refractivity contribution < 1.29 is 27.8 Å². The van der Waals surface area contributed by atoms with Gasteiger partial charge in [-0.2, -0.15) is 4.99 Å². The first kappa shape index (κ1) is 28.9. The molecule has 10 heteroatoms. The van der Waals surface area contributed by atoms with Crippen LogP contribution in [0.2, 0.25) is 0 Å². The zero-order chi connectivity index (χ0) is 29.5. The van der Waals surface area contributed by atoms with Crippen molar-refractivity contribution in [3.05, 3.63) is 70.0 Å². The number of hydrogen-bond acceptors (Lipinski definition) is 5. The number of carbonyl (C=O) groups is 1. The maximum Gasteiger partial charge on any atom is 0.586 e. The van der Waals surface area contributed by atoms with Crippen LogP contribution < -0.4 is 14.3 Å². The number of nitrogens with zero attached hydrogens (tertiary/aromatic N) is 3. The van der Waals surface area contributed by atoms with Crippen LogP contribution in [0.15, 0.2) is 59.7 Å². The summed E-state index contributed by atoms with van der Waals surface area (Å²) in [5.74, 6) is 0.932. The lowest BCUT2D eigenvalue weighted by Crippen LogP contribution is -2.44. The highest BCUT2D eigenvalue weighted by molar-refractivity contribution is 7.09. The van der Waals surface area contributed by atoms with Gasteiger partial charge in [0.1, 0.15) is 5.60 Å². The molecule has 2 aliphatic heterocycles. The molecule has 2 amide bonds. The lowest BCUT2D eigenvalue weighted by molar-refractivity contribution is -0.286. The predicted octanol–water partition coefficient (Wildman–Crippen LogP) is 7.48. The van der Waals surface area contributed by atoms with Crippen LogP contribution in [0.1, 0.15) is 63.3 Å². The number of carbonyl (C=O) groups excluding carboxylic acids is 1. The molecule has 42 heavy (non-hydrogen) atoms. The van der Waals surface area contributed by atoms with Crippen LogP contribution in [0, 0.1) is 17.8 Å². The van der Waals surface area contributed by atoms with Crippen LogP contribution in [0.3, 0.4) is 0 Å². The SMILES string of the molecule is CC1CCC(C(C)C)C(OCc2ccccc2)(c2cn(-c3ccc4c(c3)OC(F)(F)O4)/c(=N/C(=O)N3CCCC3)s2)C1. The number of rotatable bonds is 6. The van der Waals surface area contributed by atoms with Gasteiger partial charge in [-0.3, -0.25) is 4.57 Å². The van der Waals surface area contributed by atoms with E-state index in [9.17, 15) is 13.6 Å². The second kappa shape index (κ2) is 11.4. The number of benzene rings is 2. The van der Waals surface area contributed by atoms with E-state index in [4.69, 9.17) is 9.47 Å². The van der Waals surface area contributed by atoms with Gasteiger partial charge in [-0.15, -0.1) is 8.78 Å². The monoisotopic (exact) mass is 597 g/mol. The zero-order valence-corrected chi connectivity index (χ0v) is 25.0. The van der Waals surface area contributed by atoms with Crippen LogP contribution in [0.25, 0.3) is 5.69 Å². The Hall–Kier alpha value is -3.24. The third-order valence-electron chi connectivity index (χ3n) is 8.67. The molecule has 3 unspecified atom stereocenters. The molecule has 7 nitrogen and oxygen atoms in total. The molecule has 1 aromatic heterocycles. The van der Waals surface area contributed by atoms with E-state index in [2.05, 4.69) is 42.6 Å². The summed E-state index contributed by atoms with van der Waals surface area (Å²) in [6.45, 7) is 8.55. The molecule has 0 bridgehead atoms. The number of halogens is 2. The minimum Gasteiger partial charge on any atom is -0.395 e. The molecule has 0 N–H and O–H groups in total. The molecule has 0 spiro atoms. The number of likely N-dealkylation sites (tertiary alicyclic amines) is 1. The van der Waals surface area contributed by atoms with E-state index in [1.807, 2.05) is 24.4 Å². The van der Waals surface area contributed by atoms with Crippen LogP contribution in [-0.2, 0) is 16.9 Å². The first-order chi connectivity index (χ1) is 20.1. The van der Waals surface area contributed by atoms with Gasteiger partial charge in [0.05, 0.1) is 17.2 Å². The summed E-state index contributed by atoms with van der Waals surface area (Å²) in [5, 5.41) is 0. The van der Waals surface area contributed by atoms with E-state index in [-0.39, 0.29) is 23.4 Å². The summed E-state index contributed by atoms with van der Waals surface area (Å²) < 4.78 is 45.9. The third-order valence-corrected chi connectivity index (χ3v) is 9.81. The van der Waals surface area contributed by atoms with E-state index in [1.165, 1.54) is 23.5 Å². The van der Waals surface area contributed by atoms with Gasteiger partial charge in [-0.1, -0.05) is 68.9 Å². The standard InChI is InChI=1S/C32H37F2N3O4S/c1-21(2)25-13-11-22(3)18-31(25,39-20-23-9-5-4-6-10-23)28-19-37(30(42-28)35-29(38)36-15-7-8-16-36)24-12-14-26-27(17-24)41-32(33,34)40-26/h4-6,9-10,12,14,17,19,21-22,25H,7-8,11,13,15-16,18,20H2,1-3H3/b35-30-. The van der Waals surface area contributed by atoms with E-state index in [0.29, 0.717) is 42.0 Å². The Labute approximate surface area is 248 Å². The van der Waals surface area contributed by atoms with Crippen molar-refractivity contribution in [1.82, 2.24) is 9.47 Å². The average Bonchev–Trinajstić information content (AvgIpc) is 3.70. The molecule has 1 aliphatic carbocycles. The Morgan fingerprint density at radius 3 is 2.57 bits per heavy atom. The van der Waals surface area contributed by atoms with Crippen molar-refractivity contribution in [1.29, 1.82) is 0 Å². The number of amides is 2. The summed E-state index contributed by atoms with van der Waals surface area (Å²) in [6, 6.07) is 14.5. The number of thiazole rings is 1. The van der Waals surface area contributed by atoms with Crippen LogP contribution in [-0.4, -0.2) is 34.9 Å². The first-order valence-corrected chi connectivity index (χ1v) is 15.6. The van der Waals surface area contributed by atoms with Gasteiger partial charge in [0.2, 0.25) is 0 Å². The van der Waals surface area contributed by atoms with E-state index >= 15 is 0 Å². The van der Waals surface area contributed by atoms with Gasteiger partial charge in [0.25, 0.3) is 0 Å². The predicted molar refractivity (Wildman–Crippen MR) is 156 cm³/mol. The van der Waals surface area contributed by atoms with Crippen LogP contribution in [0.5, 0.6) is 11.5 Å². The number of ether oxygens (including phenoxy) is 3. The molecule has 3 heterocycles. The second-order valence-electron chi connectivity index (χ2n) is 12.0. The van der Waals surface area contributed by atoms with Gasteiger partial charge in [-0.05, 0) is 61.1 Å². The Balaban J connectivity index is 1.48. The Kier molecular flexibility index (Phi) is 7.87. The highest BCUT2D eigenvalue weighted by atomic mass is 32.1. The number of hydrogen-bond donors (Lipinski definition) is 0. The van der Waals surface area contributed by atoms with Gasteiger partial charge in [-0.25, -0.2) is 4.79 Å². The number of urea groups is 1. The summed E-state index contributed by atoms with van der Waals surface area (Å²) in [5.41, 5.74) is 1.03. The molecule has 3 aromatic rings. The lowest BCUT2D eigenvalue weighted by Gasteiger charge is -2.47. The maximum absolute atomic E-state index is 13.8. The quantitative estimate of drug-likeness (QED) is 0.296. The van der Waals surface area contributed by atoms with E-state index in [0.717, 1.165) is 42.5 Å². The fourth-order valence-corrected chi connectivity index (χ4v) is 7.80. The molecule has 224 valence electrons. The molecule has 0 radical (unpaired) electrons. The smallest absolute Gasteiger partial charge is 0.395 e. The highest BCUT2D eigenvalue weighted by Crippen LogP contribution is 2.51. The summed E-state index contributed by atoms with van der Waals surface area (Å²) in [4.78, 5) is 21.0. The minimum absolute atomic E-state index is 0.0323. The molecule has 3 aliphatic rings. The van der Waals surface area contributed by atoms with Crippen LogP contribution in [0.4, 0.5) is 13.6 Å². The van der Waals surface area contributed by atoms with Crippen molar-refractivity contribution in [3.63, 3.8) is 0 Å². The van der Waals surface area contributed by atoms with Gasteiger partial charge < -0.3 is 19.1 Å². The maximum atomic E-state index is 13.8. The summed E-state index contributed by atoms with van der Waals surface area (Å²) >= 11 is 1.44. The molecule has 3 atom stereocenters. The van der Waals surface area contributed by atoms with Crippen molar-refractivity contribution in [3.8, 4) is 17.2 Å². The largest absolute Gasteiger partial charge is 0.586 e. The van der Waals surface area contributed by atoms with E-state index in [1.54, 1.807) is 15.5 Å². The van der Waals surface area contributed by atoms with E-state index < -0.39 is 11.9 Å². The van der Waals surface area contributed by atoms with Gasteiger partial charge >= 0.3 is 12.3 Å².